The van der Waals surface area contributed by atoms with Gasteiger partial charge in [0.2, 0.25) is 0 Å². The fraction of sp³-hybridized carbons (Fsp3) is 0.906. The van der Waals surface area contributed by atoms with Gasteiger partial charge in [-0.3, -0.25) is 14.4 Å². The van der Waals surface area contributed by atoms with Gasteiger partial charge in [0.25, 0.3) is 0 Å². The molecule has 7 heteroatoms. The maximum Gasteiger partial charge on any atom is 0.302 e. The van der Waals surface area contributed by atoms with Crippen LogP contribution in [0.25, 0.3) is 0 Å². The molecule has 0 saturated heterocycles. The van der Waals surface area contributed by atoms with E-state index in [0.717, 1.165) is 25.7 Å². The van der Waals surface area contributed by atoms with Gasteiger partial charge in [-0.05, 0) is 12.8 Å². The van der Waals surface area contributed by atoms with Gasteiger partial charge in [-0.1, -0.05) is 116 Å². The van der Waals surface area contributed by atoms with E-state index in [4.69, 9.17) is 18.9 Å². The zero-order valence-corrected chi connectivity index (χ0v) is 25.4. The van der Waals surface area contributed by atoms with Crippen LogP contribution in [0, 0.1) is 5.41 Å². The molecule has 0 aromatic heterocycles. The third kappa shape index (κ3) is 20.9. The van der Waals surface area contributed by atoms with Gasteiger partial charge in [0.15, 0.2) is 0 Å². The fourth-order valence-corrected chi connectivity index (χ4v) is 5.19. The Morgan fingerprint density at radius 1 is 0.462 bits per heavy atom. The highest BCUT2D eigenvalue weighted by Crippen LogP contribution is 2.25. The second kappa shape index (κ2) is 23.1. The molecule has 0 aromatic carbocycles. The van der Waals surface area contributed by atoms with Crippen molar-refractivity contribution in [3.8, 4) is 0 Å². The van der Waals surface area contributed by atoms with Crippen molar-refractivity contribution in [3.63, 3.8) is 0 Å². The number of ether oxygens (including phenoxy) is 4. The van der Waals surface area contributed by atoms with Crippen molar-refractivity contribution >= 4 is 17.9 Å². The lowest BCUT2D eigenvalue weighted by Crippen LogP contribution is -2.44. The summed E-state index contributed by atoms with van der Waals surface area (Å²) in [6.07, 6.45) is 25.6. The molecule has 0 heterocycles. The molecule has 1 rings (SSSR count). The van der Waals surface area contributed by atoms with Gasteiger partial charge in [0.05, 0.1) is 18.1 Å². The molecule has 0 N–H and O–H groups in total. The Morgan fingerprint density at radius 2 is 0.718 bits per heavy atom. The van der Waals surface area contributed by atoms with Crippen LogP contribution in [-0.4, -0.2) is 50.4 Å². The van der Waals surface area contributed by atoms with Crippen molar-refractivity contribution in [1.29, 1.82) is 0 Å². The number of carbonyl (C=O) groups is 3. The summed E-state index contributed by atoms with van der Waals surface area (Å²) in [7, 11) is 0. The number of esters is 3. The maximum absolute atomic E-state index is 11.6. The number of carbonyl (C=O) groups excluding carboxylic acids is 3. The molecular weight excluding hydrogens is 496 g/mol. The van der Waals surface area contributed by atoms with E-state index < -0.39 is 23.3 Å². The number of rotatable bonds is 9. The Balaban J connectivity index is 2.76. The van der Waals surface area contributed by atoms with Crippen LogP contribution in [0.3, 0.4) is 0 Å². The number of hydrogen-bond acceptors (Lipinski definition) is 7. The molecule has 0 aliphatic heterocycles. The van der Waals surface area contributed by atoms with Gasteiger partial charge >= 0.3 is 17.9 Å². The predicted molar refractivity (Wildman–Crippen MR) is 154 cm³/mol. The minimum absolute atomic E-state index is 0.0460. The van der Waals surface area contributed by atoms with Gasteiger partial charge in [0.1, 0.15) is 19.8 Å². The van der Waals surface area contributed by atoms with Gasteiger partial charge in [0, 0.05) is 20.8 Å². The highest BCUT2D eigenvalue weighted by Gasteiger charge is 2.36. The molecule has 7 nitrogen and oxygen atoms in total. The van der Waals surface area contributed by atoms with Crippen molar-refractivity contribution in [2.24, 2.45) is 5.41 Å². The molecule has 0 bridgehead atoms. The smallest absolute Gasteiger partial charge is 0.302 e. The Bertz CT molecular complexity index is 581. The zero-order chi connectivity index (χ0) is 28.6. The van der Waals surface area contributed by atoms with Crippen molar-refractivity contribution in [3.05, 3.63) is 0 Å². The molecule has 228 valence electrons. The SMILES string of the molecule is CC(=O)OCC(COC(C)=O)(COC(C)=O)COC1CCCCCCCCCCCCCCCCCCCC1. The molecule has 1 fully saturated rings. The molecule has 1 aliphatic carbocycles. The molecule has 0 unspecified atom stereocenters. The molecule has 1 saturated carbocycles. The average Bonchev–Trinajstić information content (AvgIpc) is 2.89. The first-order valence-corrected chi connectivity index (χ1v) is 15.8. The van der Waals surface area contributed by atoms with E-state index in [9.17, 15) is 14.4 Å². The summed E-state index contributed by atoms with van der Waals surface area (Å²) >= 11 is 0. The molecular formula is C32H58O7. The monoisotopic (exact) mass is 554 g/mol. The van der Waals surface area contributed by atoms with E-state index in [-0.39, 0.29) is 32.5 Å². The van der Waals surface area contributed by atoms with E-state index in [2.05, 4.69) is 0 Å². The minimum Gasteiger partial charge on any atom is -0.465 e. The van der Waals surface area contributed by atoms with Crippen molar-refractivity contribution in [2.45, 2.75) is 155 Å². The summed E-state index contributed by atoms with van der Waals surface area (Å²) < 4.78 is 22.4. The van der Waals surface area contributed by atoms with Crippen molar-refractivity contribution < 1.29 is 33.3 Å². The second-order valence-corrected chi connectivity index (χ2v) is 11.7. The summed E-state index contributed by atoms with van der Waals surface area (Å²) in [6.45, 7) is 4.05. The molecule has 0 aromatic rings. The number of hydrogen-bond donors (Lipinski definition) is 0. The first-order valence-electron chi connectivity index (χ1n) is 15.8. The highest BCUT2D eigenvalue weighted by atomic mass is 16.6. The van der Waals surface area contributed by atoms with Crippen LogP contribution in [0.15, 0.2) is 0 Å². The Kier molecular flexibility index (Phi) is 21.0. The van der Waals surface area contributed by atoms with Crippen LogP contribution in [0.5, 0.6) is 0 Å². The maximum atomic E-state index is 11.6. The summed E-state index contributed by atoms with van der Waals surface area (Å²) in [5.74, 6) is -1.32. The molecule has 0 amide bonds. The van der Waals surface area contributed by atoms with Crippen LogP contribution < -0.4 is 0 Å². The molecule has 1 aliphatic rings. The first-order chi connectivity index (χ1) is 18.8. The fourth-order valence-electron chi connectivity index (χ4n) is 5.19. The summed E-state index contributed by atoms with van der Waals surface area (Å²) in [4.78, 5) is 34.8. The average molecular weight is 555 g/mol. The standard InChI is InChI=1S/C32H58O7/c1-28(33)36-24-32(25-37-29(2)34,26-38-30(3)35)27-39-31-22-20-18-16-14-12-10-8-6-4-5-7-9-11-13-15-17-19-21-23-31/h31H,4-27H2,1-3H3. The molecule has 0 spiro atoms. The van der Waals surface area contributed by atoms with Gasteiger partial charge < -0.3 is 18.9 Å². The summed E-state index contributed by atoms with van der Waals surface area (Å²) in [6, 6.07) is 0. The van der Waals surface area contributed by atoms with Crippen LogP contribution >= 0.6 is 0 Å². The topological polar surface area (TPSA) is 88.1 Å². The Morgan fingerprint density at radius 3 is 0.974 bits per heavy atom. The van der Waals surface area contributed by atoms with E-state index in [0.29, 0.717) is 0 Å². The first kappa shape index (κ1) is 35.4. The lowest BCUT2D eigenvalue weighted by atomic mass is 9.91. The van der Waals surface area contributed by atoms with Crippen LogP contribution in [0.2, 0.25) is 0 Å². The molecule has 39 heavy (non-hydrogen) atoms. The van der Waals surface area contributed by atoms with E-state index in [1.165, 1.54) is 124 Å². The Labute approximate surface area is 238 Å². The second-order valence-electron chi connectivity index (χ2n) is 11.7. The summed E-state index contributed by atoms with van der Waals surface area (Å²) in [5, 5.41) is 0. The van der Waals surface area contributed by atoms with Crippen LogP contribution in [-0.2, 0) is 33.3 Å². The van der Waals surface area contributed by atoms with E-state index in [1.54, 1.807) is 0 Å². The van der Waals surface area contributed by atoms with Gasteiger partial charge in [-0.15, -0.1) is 0 Å². The normalized spacial score (nSPS) is 18.8. The minimum atomic E-state index is -0.940. The predicted octanol–water partition coefficient (Wildman–Crippen LogP) is 7.86. The largest absolute Gasteiger partial charge is 0.465 e. The summed E-state index contributed by atoms with van der Waals surface area (Å²) in [5.41, 5.74) is -0.940. The van der Waals surface area contributed by atoms with E-state index >= 15 is 0 Å². The van der Waals surface area contributed by atoms with Gasteiger partial charge in [-0.2, -0.15) is 0 Å². The van der Waals surface area contributed by atoms with Crippen LogP contribution in [0.1, 0.15) is 149 Å². The Hall–Kier alpha value is -1.63. The zero-order valence-electron chi connectivity index (χ0n) is 25.4. The third-order valence-corrected chi connectivity index (χ3v) is 7.67. The molecule has 0 radical (unpaired) electrons. The lowest BCUT2D eigenvalue weighted by Gasteiger charge is -2.33. The van der Waals surface area contributed by atoms with Crippen molar-refractivity contribution in [1.82, 2.24) is 0 Å². The third-order valence-electron chi connectivity index (χ3n) is 7.67. The molecule has 0 atom stereocenters. The van der Waals surface area contributed by atoms with Gasteiger partial charge in [-0.25, -0.2) is 0 Å². The van der Waals surface area contributed by atoms with Crippen molar-refractivity contribution in [2.75, 3.05) is 26.4 Å². The van der Waals surface area contributed by atoms with Crippen LogP contribution in [0.4, 0.5) is 0 Å². The quantitative estimate of drug-likeness (QED) is 0.212. The van der Waals surface area contributed by atoms with E-state index in [1.807, 2.05) is 0 Å². The highest BCUT2D eigenvalue weighted by molar-refractivity contribution is 5.67. The lowest BCUT2D eigenvalue weighted by molar-refractivity contribution is -0.167.